The molecule has 0 fully saturated rings. The van der Waals surface area contributed by atoms with Gasteiger partial charge < -0.3 is 14.2 Å². The van der Waals surface area contributed by atoms with Crippen molar-refractivity contribution in [2.75, 3.05) is 13.2 Å². The van der Waals surface area contributed by atoms with Crippen LogP contribution in [0.3, 0.4) is 0 Å². The molecule has 0 saturated carbocycles. The molecule has 172 valence electrons. The normalized spacial score (nSPS) is 10.8. The average molecular weight is 508 g/mol. The number of hydrazone groups is 1. The Morgan fingerprint density at radius 2 is 1.61 bits per heavy atom. The number of carbonyl (C=O) groups is 1. The van der Waals surface area contributed by atoms with E-state index >= 15 is 0 Å². The van der Waals surface area contributed by atoms with Crippen molar-refractivity contribution in [3.63, 3.8) is 0 Å². The maximum Gasteiger partial charge on any atom is 0.277 e. The van der Waals surface area contributed by atoms with Gasteiger partial charge in [0.15, 0.2) is 18.1 Å². The second-order valence-corrected chi connectivity index (χ2v) is 7.99. The molecule has 0 bridgehead atoms. The van der Waals surface area contributed by atoms with Gasteiger partial charge in [-0.2, -0.15) is 5.10 Å². The first-order valence-corrected chi connectivity index (χ1v) is 11.1. The Balaban J connectivity index is 1.55. The van der Waals surface area contributed by atoms with Crippen LogP contribution in [-0.4, -0.2) is 25.3 Å². The number of nitrogens with zero attached hydrogens (tertiary/aromatic N) is 1. The molecule has 0 unspecified atom stereocenters. The SMILES string of the molecule is CCOc1cc(/C=N\NC(=O)COc2ccc(Cl)cc2Cl)ccc1OCc1ccc(Cl)cc1. The number of nitrogens with one attached hydrogen (secondary N) is 1. The lowest BCUT2D eigenvalue weighted by atomic mass is 10.2. The van der Waals surface area contributed by atoms with E-state index in [0.717, 1.165) is 11.1 Å². The number of carbonyl (C=O) groups excluding carboxylic acids is 1. The van der Waals surface area contributed by atoms with Crippen molar-refractivity contribution in [1.82, 2.24) is 5.43 Å². The van der Waals surface area contributed by atoms with Crippen LogP contribution in [0.2, 0.25) is 15.1 Å². The van der Waals surface area contributed by atoms with Crippen LogP contribution in [0, 0.1) is 0 Å². The monoisotopic (exact) mass is 506 g/mol. The van der Waals surface area contributed by atoms with E-state index in [1.165, 1.54) is 12.3 Å². The molecule has 0 spiro atoms. The third-order valence-corrected chi connectivity index (χ3v) is 5.01. The fourth-order valence-corrected chi connectivity index (χ4v) is 3.27. The third-order valence-electron chi connectivity index (χ3n) is 4.23. The molecule has 0 aliphatic carbocycles. The van der Waals surface area contributed by atoms with E-state index in [9.17, 15) is 4.79 Å². The minimum Gasteiger partial charge on any atom is -0.490 e. The lowest BCUT2D eigenvalue weighted by Crippen LogP contribution is -2.24. The van der Waals surface area contributed by atoms with Crippen molar-refractivity contribution in [2.45, 2.75) is 13.5 Å². The molecule has 3 aromatic rings. The maximum atomic E-state index is 12.0. The van der Waals surface area contributed by atoms with Crippen molar-refractivity contribution in [3.8, 4) is 17.2 Å². The van der Waals surface area contributed by atoms with E-state index in [0.29, 0.717) is 45.5 Å². The minimum atomic E-state index is -0.440. The molecule has 0 atom stereocenters. The number of hydrogen-bond acceptors (Lipinski definition) is 5. The van der Waals surface area contributed by atoms with Gasteiger partial charge in [0.05, 0.1) is 17.8 Å². The van der Waals surface area contributed by atoms with Gasteiger partial charge in [0.1, 0.15) is 12.4 Å². The van der Waals surface area contributed by atoms with Gasteiger partial charge >= 0.3 is 0 Å². The molecule has 6 nitrogen and oxygen atoms in total. The van der Waals surface area contributed by atoms with Gasteiger partial charge in [-0.3, -0.25) is 4.79 Å². The highest BCUT2D eigenvalue weighted by Gasteiger charge is 2.08. The van der Waals surface area contributed by atoms with Crippen molar-refractivity contribution < 1.29 is 19.0 Å². The fourth-order valence-electron chi connectivity index (χ4n) is 2.68. The predicted molar refractivity (Wildman–Crippen MR) is 131 cm³/mol. The Hall–Kier alpha value is -2.93. The molecule has 0 aromatic heterocycles. The first-order chi connectivity index (χ1) is 15.9. The summed E-state index contributed by atoms with van der Waals surface area (Å²) in [6.45, 7) is 2.48. The first kappa shape index (κ1) is 24.7. The molecule has 9 heteroatoms. The van der Waals surface area contributed by atoms with Gasteiger partial charge in [-0.05, 0) is 66.6 Å². The van der Waals surface area contributed by atoms with E-state index in [1.54, 1.807) is 30.3 Å². The van der Waals surface area contributed by atoms with Crippen LogP contribution in [0.5, 0.6) is 17.2 Å². The molecule has 1 amide bonds. The quantitative estimate of drug-likeness (QED) is 0.264. The smallest absolute Gasteiger partial charge is 0.277 e. The van der Waals surface area contributed by atoms with Crippen molar-refractivity contribution in [1.29, 1.82) is 0 Å². The zero-order valence-electron chi connectivity index (χ0n) is 17.7. The number of ether oxygens (including phenoxy) is 3. The standard InChI is InChI=1S/C24H21Cl3N2O4/c1-2-31-23-11-17(5-9-22(23)32-14-16-3-6-18(25)7-4-16)13-28-29-24(30)15-33-21-10-8-19(26)12-20(21)27/h3-13H,2,14-15H2,1H3,(H,29,30)/b28-13-. The molecular weight excluding hydrogens is 487 g/mol. The molecule has 3 aromatic carbocycles. The molecular formula is C24H21Cl3N2O4. The molecule has 0 saturated heterocycles. The summed E-state index contributed by atoms with van der Waals surface area (Å²) in [5, 5.41) is 5.43. The number of halogens is 3. The molecule has 0 heterocycles. The number of benzene rings is 3. The van der Waals surface area contributed by atoms with Gasteiger partial charge in [-0.1, -0.05) is 46.9 Å². The molecule has 33 heavy (non-hydrogen) atoms. The maximum absolute atomic E-state index is 12.0. The lowest BCUT2D eigenvalue weighted by molar-refractivity contribution is -0.123. The predicted octanol–water partition coefficient (Wildman–Crippen LogP) is 6.15. The molecule has 3 rings (SSSR count). The van der Waals surface area contributed by atoms with E-state index in [4.69, 9.17) is 49.0 Å². The van der Waals surface area contributed by atoms with E-state index in [1.807, 2.05) is 31.2 Å². The lowest BCUT2D eigenvalue weighted by Gasteiger charge is -2.12. The fraction of sp³-hybridized carbons (Fsp3) is 0.167. The van der Waals surface area contributed by atoms with E-state index in [-0.39, 0.29) is 6.61 Å². The molecule has 0 radical (unpaired) electrons. The minimum absolute atomic E-state index is 0.250. The molecule has 0 aliphatic rings. The zero-order chi connectivity index (χ0) is 23.6. The van der Waals surface area contributed by atoms with Crippen LogP contribution >= 0.6 is 34.8 Å². The van der Waals surface area contributed by atoms with Crippen molar-refractivity contribution in [2.24, 2.45) is 5.10 Å². The summed E-state index contributed by atoms with van der Waals surface area (Å²) in [5.74, 6) is 1.09. The Kier molecular flexibility index (Phi) is 9.24. The topological polar surface area (TPSA) is 69.2 Å². The highest BCUT2D eigenvalue weighted by molar-refractivity contribution is 6.35. The number of rotatable bonds is 10. The summed E-state index contributed by atoms with van der Waals surface area (Å²) in [6.07, 6.45) is 1.50. The summed E-state index contributed by atoms with van der Waals surface area (Å²) in [4.78, 5) is 12.0. The summed E-state index contributed by atoms with van der Waals surface area (Å²) in [5.41, 5.74) is 4.11. The van der Waals surface area contributed by atoms with E-state index in [2.05, 4.69) is 10.5 Å². The van der Waals surface area contributed by atoms with Crippen LogP contribution in [-0.2, 0) is 11.4 Å². The van der Waals surface area contributed by atoms with Gasteiger partial charge in [0.25, 0.3) is 5.91 Å². The second kappa shape index (κ2) is 12.3. The number of amides is 1. The largest absolute Gasteiger partial charge is 0.490 e. The van der Waals surface area contributed by atoms with Crippen LogP contribution in [0.25, 0.3) is 0 Å². The molecule has 1 N–H and O–H groups in total. The van der Waals surface area contributed by atoms with Crippen molar-refractivity contribution in [3.05, 3.63) is 86.9 Å². The van der Waals surface area contributed by atoms with Gasteiger partial charge in [0.2, 0.25) is 0 Å². The van der Waals surface area contributed by atoms with Gasteiger partial charge in [-0.15, -0.1) is 0 Å². The van der Waals surface area contributed by atoms with Crippen LogP contribution in [0.15, 0.2) is 65.8 Å². The summed E-state index contributed by atoms with van der Waals surface area (Å²) >= 11 is 17.8. The number of hydrogen-bond donors (Lipinski definition) is 1. The Bertz CT molecular complexity index is 1120. The van der Waals surface area contributed by atoms with E-state index < -0.39 is 5.91 Å². The molecule has 0 aliphatic heterocycles. The van der Waals surface area contributed by atoms with Gasteiger partial charge in [-0.25, -0.2) is 5.43 Å². The Labute approximate surface area is 207 Å². The Morgan fingerprint density at radius 3 is 2.33 bits per heavy atom. The van der Waals surface area contributed by atoms with Crippen LogP contribution in [0.1, 0.15) is 18.1 Å². The second-order valence-electron chi connectivity index (χ2n) is 6.71. The highest BCUT2D eigenvalue weighted by Crippen LogP contribution is 2.29. The summed E-state index contributed by atoms with van der Waals surface area (Å²) in [7, 11) is 0. The first-order valence-electron chi connectivity index (χ1n) is 9.98. The highest BCUT2D eigenvalue weighted by atomic mass is 35.5. The van der Waals surface area contributed by atoms with Gasteiger partial charge in [0, 0.05) is 10.0 Å². The average Bonchev–Trinajstić information content (AvgIpc) is 2.79. The Morgan fingerprint density at radius 1 is 0.879 bits per heavy atom. The summed E-state index contributed by atoms with van der Waals surface area (Å²) < 4.78 is 16.9. The third kappa shape index (κ3) is 7.86. The zero-order valence-corrected chi connectivity index (χ0v) is 20.0. The van der Waals surface area contributed by atoms with Crippen LogP contribution < -0.4 is 19.6 Å². The summed E-state index contributed by atoms with van der Waals surface area (Å²) in [6, 6.07) is 17.5. The van der Waals surface area contributed by atoms with Crippen LogP contribution in [0.4, 0.5) is 0 Å². The van der Waals surface area contributed by atoms with Crippen molar-refractivity contribution >= 4 is 46.9 Å².